The predicted octanol–water partition coefficient (Wildman–Crippen LogP) is 3.48. The first-order valence-electron chi connectivity index (χ1n) is 8.93. The van der Waals surface area contributed by atoms with Crippen molar-refractivity contribution in [1.82, 2.24) is 15.2 Å². The summed E-state index contributed by atoms with van der Waals surface area (Å²) in [5.41, 5.74) is 4.81. The van der Waals surface area contributed by atoms with Crippen molar-refractivity contribution in [3.63, 3.8) is 0 Å². The minimum Gasteiger partial charge on any atom is -0.360 e. The highest BCUT2D eigenvalue weighted by Crippen LogP contribution is 2.27. The molecule has 1 amide bonds. The van der Waals surface area contributed by atoms with Gasteiger partial charge < -0.3 is 15.0 Å². The van der Waals surface area contributed by atoms with E-state index in [-0.39, 0.29) is 0 Å². The molecule has 2 aromatic rings. The van der Waals surface area contributed by atoms with Crippen molar-refractivity contribution < 1.29 is 9.53 Å². The molecule has 27 heavy (non-hydrogen) atoms. The van der Waals surface area contributed by atoms with Crippen molar-refractivity contribution in [1.29, 1.82) is 0 Å². The lowest BCUT2D eigenvalue weighted by molar-refractivity contribution is -0.108. The maximum Gasteiger partial charge on any atom is 0.211 e. The standard InChI is InChI=1S/C21H27N3O2S/c1-4-17-5-7-19(8-6-17)21(24(2)16-26-13-14-27-3)20(23-15-25)18-9-11-22-12-10-18/h5-12,15H,4,13-14,16H2,1-3H3,(H,23,25)/b21-20-. The van der Waals surface area contributed by atoms with Crippen molar-refractivity contribution in [3.05, 3.63) is 65.5 Å². The molecule has 0 fully saturated rings. The molecular formula is C21H27N3O2S. The molecule has 0 saturated carbocycles. The topological polar surface area (TPSA) is 54.5 Å². The fraction of sp³-hybridized carbons (Fsp3) is 0.333. The third kappa shape index (κ3) is 6.12. The van der Waals surface area contributed by atoms with Crippen LogP contribution < -0.4 is 5.32 Å². The molecule has 0 atom stereocenters. The van der Waals surface area contributed by atoms with Gasteiger partial charge in [-0.3, -0.25) is 9.78 Å². The summed E-state index contributed by atoms with van der Waals surface area (Å²) in [7, 11) is 1.97. The van der Waals surface area contributed by atoms with Gasteiger partial charge in [0.05, 0.1) is 18.0 Å². The van der Waals surface area contributed by atoms with E-state index in [1.165, 1.54) is 5.56 Å². The maximum absolute atomic E-state index is 11.3. The number of hydrogen-bond donors (Lipinski definition) is 1. The van der Waals surface area contributed by atoms with Crippen molar-refractivity contribution in [3.8, 4) is 0 Å². The molecule has 0 aliphatic rings. The first-order valence-corrected chi connectivity index (χ1v) is 10.3. The highest BCUT2D eigenvalue weighted by Gasteiger charge is 2.16. The number of rotatable bonds is 11. The summed E-state index contributed by atoms with van der Waals surface area (Å²) >= 11 is 1.75. The van der Waals surface area contributed by atoms with Crippen LogP contribution in [0.3, 0.4) is 0 Å². The number of carbonyl (C=O) groups excluding carboxylic acids is 1. The molecule has 0 aliphatic carbocycles. The van der Waals surface area contributed by atoms with E-state index < -0.39 is 0 Å². The summed E-state index contributed by atoms with van der Waals surface area (Å²) in [5.74, 6) is 0.946. The molecule has 0 radical (unpaired) electrons. The van der Waals surface area contributed by atoms with Gasteiger partial charge in [0.2, 0.25) is 6.41 Å². The number of thioether (sulfide) groups is 1. The van der Waals surface area contributed by atoms with Crippen LogP contribution in [0.5, 0.6) is 0 Å². The van der Waals surface area contributed by atoms with E-state index >= 15 is 0 Å². The predicted molar refractivity (Wildman–Crippen MR) is 113 cm³/mol. The molecule has 0 saturated heterocycles. The number of nitrogens with one attached hydrogen (secondary N) is 1. The normalized spacial score (nSPS) is 11.7. The zero-order valence-electron chi connectivity index (χ0n) is 16.1. The number of carbonyl (C=O) groups is 1. The SMILES string of the molecule is CCc1ccc(/C(=C(/NC=O)c2ccncc2)N(C)COCCSC)cc1. The zero-order valence-corrected chi connectivity index (χ0v) is 17.0. The second kappa shape index (κ2) is 11.4. The van der Waals surface area contributed by atoms with Crippen LogP contribution in [-0.4, -0.2) is 48.7 Å². The lowest BCUT2D eigenvalue weighted by atomic mass is 10.0. The number of aryl methyl sites for hydroxylation is 1. The zero-order chi connectivity index (χ0) is 19.5. The molecule has 6 heteroatoms. The number of nitrogens with zero attached hydrogens (tertiary/aromatic N) is 2. The molecule has 1 N–H and O–H groups in total. The molecule has 144 valence electrons. The Hall–Kier alpha value is -2.31. The minimum absolute atomic E-state index is 0.431. The van der Waals surface area contributed by atoms with Gasteiger partial charge in [-0.1, -0.05) is 31.2 Å². The third-order valence-corrected chi connectivity index (χ3v) is 4.72. The van der Waals surface area contributed by atoms with Gasteiger partial charge in [0, 0.05) is 36.3 Å². The van der Waals surface area contributed by atoms with Crippen LogP contribution in [-0.2, 0) is 16.0 Å². The number of benzene rings is 1. The summed E-state index contributed by atoms with van der Waals surface area (Å²) in [6.45, 7) is 3.24. The van der Waals surface area contributed by atoms with E-state index in [2.05, 4.69) is 47.7 Å². The van der Waals surface area contributed by atoms with Crippen LogP contribution in [0.4, 0.5) is 0 Å². The maximum atomic E-state index is 11.3. The fourth-order valence-corrected chi connectivity index (χ4v) is 3.01. The molecule has 1 aromatic heterocycles. The Morgan fingerprint density at radius 1 is 1.19 bits per heavy atom. The van der Waals surface area contributed by atoms with Crippen LogP contribution in [0.2, 0.25) is 0 Å². The summed E-state index contributed by atoms with van der Waals surface area (Å²) in [4.78, 5) is 17.4. The van der Waals surface area contributed by atoms with Crippen LogP contribution in [0.1, 0.15) is 23.6 Å². The van der Waals surface area contributed by atoms with Gasteiger partial charge in [-0.05, 0) is 30.4 Å². The van der Waals surface area contributed by atoms with Crippen molar-refractivity contribution in [2.75, 3.05) is 32.4 Å². The number of aromatic nitrogens is 1. The number of amides is 1. The van der Waals surface area contributed by atoms with E-state index in [1.807, 2.05) is 24.1 Å². The first-order chi connectivity index (χ1) is 13.2. The second-order valence-electron chi connectivity index (χ2n) is 6.00. The Kier molecular flexibility index (Phi) is 8.87. The van der Waals surface area contributed by atoms with Crippen LogP contribution in [0.25, 0.3) is 11.4 Å². The van der Waals surface area contributed by atoms with Crippen LogP contribution in [0, 0.1) is 0 Å². The van der Waals surface area contributed by atoms with Crippen LogP contribution >= 0.6 is 11.8 Å². The molecule has 0 unspecified atom stereocenters. The second-order valence-corrected chi connectivity index (χ2v) is 6.99. The quantitative estimate of drug-likeness (QED) is 0.365. The summed E-state index contributed by atoms with van der Waals surface area (Å²) in [6, 6.07) is 12.2. The molecule has 2 rings (SSSR count). The third-order valence-electron chi connectivity index (χ3n) is 4.14. The Bertz CT molecular complexity index is 733. The lowest BCUT2D eigenvalue weighted by Crippen LogP contribution is -2.25. The van der Waals surface area contributed by atoms with Gasteiger partial charge in [0.1, 0.15) is 6.73 Å². The smallest absolute Gasteiger partial charge is 0.211 e. The van der Waals surface area contributed by atoms with Gasteiger partial charge >= 0.3 is 0 Å². The molecule has 0 spiro atoms. The van der Waals surface area contributed by atoms with E-state index in [4.69, 9.17) is 4.74 Å². The van der Waals surface area contributed by atoms with Crippen LogP contribution in [0.15, 0.2) is 48.8 Å². The number of pyridine rings is 1. The highest BCUT2D eigenvalue weighted by molar-refractivity contribution is 7.98. The average molecular weight is 386 g/mol. The van der Waals surface area contributed by atoms with Gasteiger partial charge in [0.15, 0.2) is 0 Å². The Balaban J connectivity index is 2.46. The summed E-state index contributed by atoms with van der Waals surface area (Å²) in [6.07, 6.45) is 7.18. The van der Waals surface area contributed by atoms with E-state index in [9.17, 15) is 4.79 Å². The van der Waals surface area contributed by atoms with Crippen molar-refractivity contribution in [2.24, 2.45) is 0 Å². The van der Waals surface area contributed by atoms with E-state index in [1.54, 1.807) is 24.2 Å². The van der Waals surface area contributed by atoms with Crippen molar-refractivity contribution in [2.45, 2.75) is 13.3 Å². The fourth-order valence-electron chi connectivity index (χ4n) is 2.73. The Morgan fingerprint density at radius 3 is 2.48 bits per heavy atom. The van der Waals surface area contributed by atoms with Gasteiger partial charge in [-0.2, -0.15) is 11.8 Å². The summed E-state index contributed by atoms with van der Waals surface area (Å²) < 4.78 is 5.79. The average Bonchev–Trinajstić information content (AvgIpc) is 2.72. The Morgan fingerprint density at radius 2 is 1.89 bits per heavy atom. The molecular weight excluding hydrogens is 358 g/mol. The molecule has 5 nitrogen and oxygen atoms in total. The number of ether oxygens (including phenoxy) is 1. The molecule has 0 aliphatic heterocycles. The Labute approximate surface area is 165 Å². The highest BCUT2D eigenvalue weighted by atomic mass is 32.2. The van der Waals surface area contributed by atoms with E-state index in [0.717, 1.165) is 34.7 Å². The summed E-state index contributed by atoms with van der Waals surface area (Å²) in [5, 5.41) is 2.88. The number of hydrogen-bond acceptors (Lipinski definition) is 5. The van der Waals surface area contributed by atoms with E-state index in [0.29, 0.717) is 19.7 Å². The minimum atomic E-state index is 0.431. The van der Waals surface area contributed by atoms with Gasteiger partial charge in [0.25, 0.3) is 0 Å². The first kappa shape index (κ1) is 21.0. The molecule has 0 bridgehead atoms. The van der Waals surface area contributed by atoms with Gasteiger partial charge in [-0.15, -0.1) is 0 Å². The van der Waals surface area contributed by atoms with Crippen molar-refractivity contribution >= 4 is 29.6 Å². The monoisotopic (exact) mass is 385 g/mol. The lowest BCUT2D eigenvalue weighted by Gasteiger charge is -2.26. The molecule has 1 heterocycles. The van der Waals surface area contributed by atoms with Gasteiger partial charge in [-0.25, -0.2) is 0 Å². The molecule has 1 aromatic carbocycles. The largest absolute Gasteiger partial charge is 0.360 e.